The summed E-state index contributed by atoms with van der Waals surface area (Å²) in [5, 5.41) is 21.4. The highest BCUT2D eigenvalue weighted by atomic mass is 16.5. The Kier molecular flexibility index (Phi) is 2.31. The predicted molar refractivity (Wildman–Crippen MR) is 50.1 cm³/mol. The first-order valence-corrected chi connectivity index (χ1v) is 4.62. The minimum atomic E-state index is -0.579. The Morgan fingerprint density at radius 3 is 3.00 bits per heavy atom. The third kappa shape index (κ3) is 1.42. The average Bonchev–Trinajstić information content (AvgIpc) is 2.17. The Bertz CT molecular complexity index is 351. The first-order chi connectivity index (χ1) is 6.72. The minimum absolute atomic E-state index is 0.125. The lowest BCUT2D eigenvalue weighted by atomic mass is 9.97. The van der Waals surface area contributed by atoms with Crippen LogP contribution in [-0.4, -0.2) is 23.9 Å². The van der Waals surface area contributed by atoms with Crippen molar-refractivity contribution in [2.24, 2.45) is 0 Å². The molecule has 1 atom stereocenters. The molecule has 0 radical (unpaired) electrons. The number of hydrogen-bond acceptors (Lipinski definition) is 3. The van der Waals surface area contributed by atoms with Crippen LogP contribution in [0.4, 0.5) is 0 Å². The molecule has 14 heavy (non-hydrogen) atoms. The standard InChI is InChI=1S/C10H13NO3/c1-14-7-2-6-4-11-5-9(13)10(6)8(12)3-7/h2-3,9,11-13H,4-5H2,1H3/p+1/t9-/m0/s1. The maximum absolute atomic E-state index is 9.68. The number of phenolic OH excluding ortho intramolecular Hbond substituents is 1. The van der Waals surface area contributed by atoms with Crippen molar-refractivity contribution in [3.8, 4) is 11.5 Å². The third-order valence-corrected chi connectivity index (χ3v) is 2.54. The van der Waals surface area contributed by atoms with E-state index in [1.807, 2.05) is 11.4 Å². The first kappa shape index (κ1) is 9.30. The van der Waals surface area contributed by atoms with Crippen molar-refractivity contribution >= 4 is 0 Å². The molecule has 0 saturated heterocycles. The fraction of sp³-hybridized carbons (Fsp3) is 0.400. The summed E-state index contributed by atoms with van der Waals surface area (Å²) in [6, 6.07) is 3.39. The van der Waals surface area contributed by atoms with Crippen molar-refractivity contribution in [3.05, 3.63) is 23.3 Å². The lowest BCUT2D eigenvalue weighted by Crippen LogP contribution is -2.85. The molecule has 0 aromatic heterocycles. The lowest BCUT2D eigenvalue weighted by Gasteiger charge is -2.21. The monoisotopic (exact) mass is 196 g/mol. The van der Waals surface area contributed by atoms with Crippen LogP contribution in [0.5, 0.6) is 11.5 Å². The molecule has 4 heteroatoms. The largest absolute Gasteiger partial charge is 0.507 e. The molecule has 4 nitrogen and oxygen atoms in total. The van der Waals surface area contributed by atoms with Crippen LogP contribution in [0.3, 0.4) is 0 Å². The van der Waals surface area contributed by atoms with E-state index in [2.05, 4.69) is 0 Å². The van der Waals surface area contributed by atoms with Gasteiger partial charge in [0.15, 0.2) is 0 Å². The maximum atomic E-state index is 9.68. The van der Waals surface area contributed by atoms with Gasteiger partial charge in [-0.2, -0.15) is 0 Å². The minimum Gasteiger partial charge on any atom is -0.507 e. The zero-order valence-corrected chi connectivity index (χ0v) is 8.03. The van der Waals surface area contributed by atoms with Crippen LogP contribution in [0.15, 0.2) is 12.1 Å². The molecule has 1 aliphatic rings. The maximum Gasteiger partial charge on any atom is 0.132 e. The molecule has 1 aromatic carbocycles. The Balaban J connectivity index is 2.51. The van der Waals surface area contributed by atoms with E-state index in [9.17, 15) is 10.2 Å². The number of aliphatic hydroxyl groups is 1. The van der Waals surface area contributed by atoms with Crippen LogP contribution < -0.4 is 10.1 Å². The van der Waals surface area contributed by atoms with Gasteiger partial charge in [-0.25, -0.2) is 0 Å². The number of hydrogen-bond donors (Lipinski definition) is 3. The Labute approximate surface area is 82.1 Å². The molecule has 0 unspecified atom stereocenters. The number of rotatable bonds is 1. The van der Waals surface area contributed by atoms with Crippen LogP contribution in [0, 0.1) is 0 Å². The van der Waals surface area contributed by atoms with Gasteiger partial charge in [-0.1, -0.05) is 0 Å². The molecular weight excluding hydrogens is 182 g/mol. The van der Waals surface area contributed by atoms with Crippen molar-refractivity contribution in [2.45, 2.75) is 12.6 Å². The van der Waals surface area contributed by atoms with Crippen LogP contribution in [0.1, 0.15) is 17.2 Å². The highest BCUT2D eigenvalue weighted by molar-refractivity contribution is 5.47. The lowest BCUT2D eigenvalue weighted by molar-refractivity contribution is -0.681. The molecule has 0 aliphatic carbocycles. The summed E-state index contributed by atoms with van der Waals surface area (Å²) in [4.78, 5) is 0. The summed E-state index contributed by atoms with van der Waals surface area (Å²) in [6.45, 7) is 1.38. The zero-order valence-electron chi connectivity index (χ0n) is 8.03. The normalized spacial score (nSPS) is 20.3. The molecule has 0 saturated carbocycles. The van der Waals surface area contributed by atoms with Crippen molar-refractivity contribution in [1.29, 1.82) is 0 Å². The van der Waals surface area contributed by atoms with Gasteiger partial charge in [-0.3, -0.25) is 0 Å². The Morgan fingerprint density at radius 1 is 1.50 bits per heavy atom. The smallest absolute Gasteiger partial charge is 0.132 e. The van der Waals surface area contributed by atoms with Gasteiger partial charge < -0.3 is 20.3 Å². The summed E-state index contributed by atoms with van der Waals surface area (Å²) >= 11 is 0. The molecule has 0 amide bonds. The van der Waals surface area contributed by atoms with E-state index >= 15 is 0 Å². The van der Waals surface area contributed by atoms with Crippen LogP contribution in [0.2, 0.25) is 0 Å². The summed E-state index contributed by atoms with van der Waals surface area (Å²) < 4.78 is 5.04. The average molecular weight is 196 g/mol. The highest BCUT2D eigenvalue weighted by Gasteiger charge is 2.24. The SMILES string of the molecule is COc1cc(O)c2c(c1)C[NH2+]C[C@@H]2O. The van der Waals surface area contributed by atoms with Gasteiger partial charge in [0.25, 0.3) is 0 Å². The molecule has 2 rings (SSSR count). The molecule has 4 N–H and O–H groups in total. The van der Waals surface area contributed by atoms with E-state index in [0.717, 1.165) is 12.1 Å². The van der Waals surface area contributed by atoms with E-state index in [0.29, 0.717) is 17.9 Å². The number of phenols is 1. The second kappa shape index (κ2) is 3.48. The molecule has 1 aromatic rings. The summed E-state index contributed by atoms with van der Waals surface area (Å²) in [5.74, 6) is 0.753. The molecule has 76 valence electrons. The van der Waals surface area contributed by atoms with E-state index in [4.69, 9.17) is 4.74 Å². The summed E-state index contributed by atoms with van der Waals surface area (Å²) in [6.07, 6.45) is -0.579. The zero-order chi connectivity index (χ0) is 10.1. The van der Waals surface area contributed by atoms with Gasteiger partial charge in [-0.15, -0.1) is 0 Å². The van der Waals surface area contributed by atoms with E-state index in [1.165, 1.54) is 6.07 Å². The summed E-state index contributed by atoms with van der Waals surface area (Å²) in [5.41, 5.74) is 1.59. The third-order valence-electron chi connectivity index (χ3n) is 2.54. The fourth-order valence-corrected chi connectivity index (χ4v) is 1.85. The quantitative estimate of drug-likeness (QED) is 0.568. The number of aromatic hydroxyl groups is 1. The van der Waals surface area contributed by atoms with Crippen molar-refractivity contribution in [1.82, 2.24) is 0 Å². The molecule has 0 fully saturated rings. The molecular formula is C10H14NO3+. The summed E-state index contributed by atoms with van der Waals surface area (Å²) in [7, 11) is 1.56. The number of fused-ring (bicyclic) bond motifs is 1. The second-order valence-corrected chi connectivity index (χ2v) is 3.46. The van der Waals surface area contributed by atoms with Gasteiger partial charge in [0.05, 0.1) is 7.11 Å². The van der Waals surface area contributed by atoms with E-state index in [1.54, 1.807) is 7.11 Å². The first-order valence-electron chi connectivity index (χ1n) is 4.62. The number of quaternary nitrogens is 1. The van der Waals surface area contributed by atoms with Crippen LogP contribution in [0.25, 0.3) is 0 Å². The molecule has 1 heterocycles. The highest BCUT2D eigenvalue weighted by Crippen LogP contribution is 2.32. The van der Waals surface area contributed by atoms with E-state index < -0.39 is 6.10 Å². The van der Waals surface area contributed by atoms with Crippen molar-refractivity contribution < 1.29 is 20.3 Å². The predicted octanol–water partition coefficient (Wildman–Crippen LogP) is -0.489. The number of benzene rings is 1. The van der Waals surface area contributed by atoms with Crippen molar-refractivity contribution in [2.75, 3.05) is 13.7 Å². The molecule has 1 aliphatic heterocycles. The second-order valence-electron chi connectivity index (χ2n) is 3.46. The number of methoxy groups -OCH3 is 1. The Hall–Kier alpha value is -1.26. The van der Waals surface area contributed by atoms with Gasteiger partial charge in [0, 0.05) is 17.2 Å². The van der Waals surface area contributed by atoms with E-state index in [-0.39, 0.29) is 5.75 Å². The number of aliphatic hydroxyl groups excluding tert-OH is 1. The van der Waals surface area contributed by atoms with Crippen LogP contribution in [-0.2, 0) is 6.54 Å². The van der Waals surface area contributed by atoms with Gasteiger partial charge in [-0.05, 0) is 6.07 Å². The fourth-order valence-electron chi connectivity index (χ4n) is 1.85. The molecule has 0 spiro atoms. The topological polar surface area (TPSA) is 66.3 Å². The van der Waals surface area contributed by atoms with Crippen molar-refractivity contribution in [3.63, 3.8) is 0 Å². The Morgan fingerprint density at radius 2 is 2.29 bits per heavy atom. The number of ether oxygens (including phenoxy) is 1. The van der Waals surface area contributed by atoms with Gasteiger partial charge in [0.2, 0.25) is 0 Å². The van der Waals surface area contributed by atoms with Gasteiger partial charge >= 0.3 is 0 Å². The van der Waals surface area contributed by atoms with Crippen LogP contribution >= 0.6 is 0 Å². The van der Waals surface area contributed by atoms with Gasteiger partial charge in [0.1, 0.15) is 30.7 Å². The number of nitrogens with two attached hydrogens (primary N) is 1. The molecule has 0 bridgehead atoms.